The van der Waals surface area contributed by atoms with Gasteiger partial charge in [-0.25, -0.2) is 0 Å². The van der Waals surface area contributed by atoms with Crippen LogP contribution in [0.25, 0.3) is 0 Å². The molecule has 2 nitrogen and oxygen atoms in total. The Kier molecular flexibility index (Phi) is 7.08. The fourth-order valence-corrected chi connectivity index (χ4v) is 0.488. The fourth-order valence-electron chi connectivity index (χ4n) is 0.488. The molecule has 0 bridgehead atoms. The Balaban J connectivity index is 2.86. The molecule has 2 heteroatoms. The van der Waals surface area contributed by atoms with Crippen LogP contribution < -0.4 is 10.6 Å². The quantitative estimate of drug-likeness (QED) is 0.533. The first kappa shape index (κ1) is 8.50. The summed E-state index contributed by atoms with van der Waals surface area (Å²) in [4.78, 5) is 0. The average Bonchev–Trinajstić information content (AvgIpc) is 1.89. The van der Waals surface area contributed by atoms with Gasteiger partial charge in [-0.05, 0) is 19.7 Å². The highest BCUT2D eigenvalue weighted by Gasteiger charge is 1.72. The molecule has 0 amide bonds. The van der Waals surface area contributed by atoms with Gasteiger partial charge in [-0.15, -0.1) is 0 Å². The fraction of sp³-hybridized carbons (Fsp3) is 0.714. The van der Waals surface area contributed by atoms with Gasteiger partial charge in [0.25, 0.3) is 0 Å². The normalized spacial score (nSPS) is 10.4. The van der Waals surface area contributed by atoms with Crippen molar-refractivity contribution < 1.29 is 0 Å². The molecule has 0 aliphatic heterocycles. The number of hydrogen-bond donors (Lipinski definition) is 2. The first-order valence-electron chi connectivity index (χ1n) is 3.44. The Morgan fingerprint density at radius 2 is 2.22 bits per heavy atom. The highest BCUT2D eigenvalue weighted by molar-refractivity contribution is 4.80. The first-order valence-corrected chi connectivity index (χ1v) is 3.44. The predicted molar refractivity (Wildman–Crippen MR) is 41.4 cm³/mol. The van der Waals surface area contributed by atoms with Gasteiger partial charge in [-0.2, -0.15) is 0 Å². The van der Waals surface area contributed by atoms with E-state index in [1.807, 2.05) is 13.2 Å². The van der Waals surface area contributed by atoms with Crippen LogP contribution in [0.5, 0.6) is 0 Å². The zero-order valence-electron chi connectivity index (χ0n) is 6.28. The molecular weight excluding hydrogens is 112 g/mol. The number of nitrogens with one attached hydrogen (secondary N) is 2. The van der Waals surface area contributed by atoms with Gasteiger partial charge >= 0.3 is 0 Å². The van der Waals surface area contributed by atoms with Crippen LogP contribution in [0.1, 0.15) is 13.3 Å². The topological polar surface area (TPSA) is 24.1 Å². The largest absolute Gasteiger partial charge is 0.391 e. The van der Waals surface area contributed by atoms with Crippen molar-refractivity contribution in [3.63, 3.8) is 0 Å². The smallest absolute Gasteiger partial charge is 0.0148 e. The molecule has 0 saturated carbocycles. The van der Waals surface area contributed by atoms with E-state index in [0.29, 0.717) is 0 Å². The van der Waals surface area contributed by atoms with E-state index in [1.54, 1.807) is 0 Å². The molecule has 0 heterocycles. The van der Waals surface area contributed by atoms with Gasteiger partial charge in [0.2, 0.25) is 0 Å². The van der Waals surface area contributed by atoms with Gasteiger partial charge in [0.15, 0.2) is 0 Å². The van der Waals surface area contributed by atoms with Gasteiger partial charge in [0, 0.05) is 13.1 Å². The molecule has 0 saturated heterocycles. The molecule has 0 atom stereocenters. The molecule has 0 unspecified atom stereocenters. The summed E-state index contributed by atoms with van der Waals surface area (Å²) < 4.78 is 0. The Bertz CT molecular complexity index is 69.3. The van der Waals surface area contributed by atoms with E-state index in [0.717, 1.165) is 13.1 Å². The highest BCUT2D eigenvalue weighted by atomic mass is 14.8. The molecule has 0 aromatic rings. The second kappa shape index (κ2) is 7.50. The summed E-state index contributed by atoms with van der Waals surface area (Å²) in [6, 6.07) is 0. The monoisotopic (exact) mass is 128 g/mol. The standard InChI is InChI=1S/C7H16N2/c1-3-5-9-7-4-6-8-2/h4,7-9H,3,5-6H2,1-2H3. The zero-order valence-corrected chi connectivity index (χ0v) is 6.28. The van der Waals surface area contributed by atoms with Crippen LogP contribution in [-0.4, -0.2) is 20.1 Å². The van der Waals surface area contributed by atoms with E-state index in [9.17, 15) is 0 Å². The molecule has 0 aromatic carbocycles. The van der Waals surface area contributed by atoms with Crippen molar-refractivity contribution in [2.45, 2.75) is 13.3 Å². The summed E-state index contributed by atoms with van der Waals surface area (Å²) in [6.07, 6.45) is 5.24. The van der Waals surface area contributed by atoms with Gasteiger partial charge in [-0.1, -0.05) is 13.0 Å². The van der Waals surface area contributed by atoms with Gasteiger partial charge < -0.3 is 10.6 Å². The van der Waals surface area contributed by atoms with Crippen LogP contribution in [0.3, 0.4) is 0 Å². The third-order valence-electron chi connectivity index (χ3n) is 0.952. The Hall–Kier alpha value is -0.500. The maximum absolute atomic E-state index is 3.15. The maximum Gasteiger partial charge on any atom is 0.0148 e. The summed E-state index contributed by atoms with van der Waals surface area (Å²) in [6.45, 7) is 4.16. The van der Waals surface area contributed by atoms with Crippen molar-refractivity contribution in [1.82, 2.24) is 10.6 Å². The van der Waals surface area contributed by atoms with Crippen molar-refractivity contribution in [3.05, 3.63) is 12.3 Å². The van der Waals surface area contributed by atoms with Crippen molar-refractivity contribution in [2.75, 3.05) is 20.1 Å². The van der Waals surface area contributed by atoms with Crippen LogP contribution >= 0.6 is 0 Å². The Morgan fingerprint density at radius 1 is 1.44 bits per heavy atom. The van der Waals surface area contributed by atoms with E-state index in [4.69, 9.17) is 0 Å². The van der Waals surface area contributed by atoms with Gasteiger partial charge in [-0.3, -0.25) is 0 Å². The SMILES string of the molecule is CCCNC=CCNC. The van der Waals surface area contributed by atoms with Crippen molar-refractivity contribution >= 4 is 0 Å². The van der Waals surface area contributed by atoms with Crippen molar-refractivity contribution in [3.8, 4) is 0 Å². The van der Waals surface area contributed by atoms with Crippen molar-refractivity contribution in [1.29, 1.82) is 0 Å². The Labute approximate surface area is 57.3 Å². The number of likely N-dealkylation sites (N-methyl/N-ethyl adjacent to an activating group) is 1. The zero-order chi connectivity index (χ0) is 6.95. The lowest BCUT2D eigenvalue weighted by molar-refractivity contribution is 0.802. The van der Waals surface area contributed by atoms with E-state index >= 15 is 0 Å². The molecule has 0 rings (SSSR count). The minimum Gasteiger partial charge on any atom is -0.391 e. The van der Waals surface area contributed by atoms with E-state index in [2.05, 4.69) is 23.6 Å². The summed E-state index contributed by atoms with van der Waals surface area (Å²) in [5.74, 6) is 0. The molecule has 0 aromatic heterocycles. The minimum absolute atomic E-state index is 0.941. The van der Waals surface area contributed by atoms with E-state index in [1.165, 1.54) is 6.42 Å². The molecule has 0 spiro atoms. The summed E-state index contributed by atoms with van der Waals surface area (Å²) in [5.41, 5.74) is 0. The average molecular weight is 128 g/mol. The molecule has 2 N–H and O–H groups in total. The minimum atomic E-state index is 0.941. The summed E-state index contributed by atoms with van der Waals surface area (Å²) in [7, 11) is 1.93. The van der Waals surface area contributed by atoms with Crippen LogP contribution in [0.4, 0.5) is 0 Å². The summed E-state index contributed by atoms with van der Waals surface area (Å²) >= 11 is 0. The molecule has 0 aliphatic rings. The molecule has 0 radical (unpaired) electrons. The van der Waals surface area contributed by atoms with Crippen molar-refractivity contribution in [2.24, 2.45) is 0 Å². The molecule has 9 heavy (non-hydrogen) atoms. The Morgan fingerprint density at radius 3 is 2.78 bits per heavy atom. The third-order valence-corrected chi connectivity index (χ3v) is 0.952. The van der Waals surface area contributed by atoms with Gasteiger partial charge in [0.1, 0.15) is 0 Å². The third kappa shape index (κ3) is 7.50. The molecule has 0 fully saturated rings. The molecule has 0 aliphatic carbocycles. The van der Waals surface area contributed by atoms with Crippen LogP contribution in [0.15, 0.2) is 12.3 Å². The van der Waals surface area contributed by atoms with Crippen LogP contribution in [0, 0.1) is 0 Å². The molecule has 54 valence electrons. The van der Waals surface area contributed by atoms with Gasteiger partial charge in [0.05, 0.1) is 0 Å². The molecular formula is C7H16N2. The summed E-state index contributed by atoms with van der Waals surface area (Å²) in [5, 5.41) is 6.17. The lowest BCUT2D eigenvalue weighted by Gasteiger charge is -1.93. The number of hydrogen-bond acceptors (Lipinski definition) is 2. The number of rotatable bonds is 5. The van der Waals surface area contributed by atoms with Crippen LogP contribution in [-0.2, 0) is 0 Å². The predicted octanol–water partition coefficient (Wildman–Crippen LogP) is 0.719. The lowest BCUT2D eigenvalue weighted by atomic mass is 10.5. The first-order chi connectivity index (χ1) is 4.41. The second-order valence-electron chi connectivity index (χ2n) is 1.91. The van der Waals surface area contributed by atoms with E-state index < -0.39 is 0 Å². The second-order valence-corrected chi connectivity index (χ2v) is 1.91. The van der Waals surface area contributed by atoms with Crippen LogP contribution in [0.2, 0.25) is 0 Å². The maximum atomic E-state index is 3.15. The lowest BCUT2D eigenvalue weighted by Crippen LogP contribution is -2.08. The highest BCUT2D eigenvalue weighted by Crippen LogP contribution is 1.69. The van der Waals surface area contributed by atoms with E-state index in [-0.39, 0.29) is 0 Å².